The van der Waals surface area contributed by atoms with E-state index in [1.807, 2.05) is 12.1 Å². The predicted octanol–water partition coefficient (Wildman–Crippen LogP) is 3.87. The third-order valence-corrected chi connectivity index (χ3v) is 3.10. The average Bonchev–Trinajstić information content (AvgIpc) is 2.39. The third-order valence-electron chi connectivity index (χ3n) is 3.10. The van der Waals surface area contributed by atoms with E-state index in [1.165, 1.54) is 5.56 Å². The van der Waals surface area contributed by atoms with E-state index in [0.29, 0.717) is 11.8 Å². The first-order valence-electron chi connectivity index (χ1n) is 7.53. The van der Waals surface area contributed by atoms with Crippen LogP contribution in [0.15, 0.2) is 18.2 Å². The molecule has 0 aromatic heterocycles. The summed E-state index contributed by atoms with van der Waals surface area (Å²) in [5.41, 5.74) is 1.19. The zero-order valence-corrected chi connectivity index (χ0v) is 13.5. The molecule has 1 N–H and O–H groups in total. The molecule has 3 nitrogen and oxygen atoms in total. The van der Waals surface area contributed by atoms with Gasteiger partial charge >= 0.3 is 0 Å². The van der Waals surface area contributed by atoms with Crippen molar-refractivity contribution in [2.75, 3.05) is 20.3 Å². The highest BCUT2D eigenvalue weighted by Gasteiger charge is 2.07. The van der Waals surface area contributed by atoms with Crippen LogP contribution in [-0.2, 0) is 6.54 Å². The van der Waals surface area contributed by atoms with Gasteiger partial charge in [-0.15, -0.1) is 0 Å². The van der Waals surface area contributed by atoms with Crippen LogP contribution < -0.4 is 14.8 Å². The van der Waals surface area contributed by atoms with Gasteiger partial charge in [0, 0.05) is 18.2 Å². The van der Waals surface area contributed by atoms with Crippen LogP contribution in [0.3, 0.4) is 0 Å². The Labute approximate surface area is 123 Å². The van der Waals surface area contributed by atoms with Crippen molar-refractivity contribution >= 4 is 0 Å². The summed E-state index contributed by atoms with van der Waals surface area (Å²) in [5.74, 6) is 3.08. The van der Waals surface area contributed by atoms with Gasteiger partial charge in [-0.05, 0) is 30.9 Å². The smallest absolute Gasteiger partial charge is 0.127 e. The number of hydrogen-bond acceptors (Lipinski definition) is 3. The number of methoxy groups -OCH3 is 1. The molecule has 0 aliphatic carbocycles. The molecule has 0 bridgehead atoms. The average molecular weight is 279 g/mol. The summed E-state index contributed by atoms with van der Waals surface area (Å²) in [6, 6.07) is 6.05. The minimum Gasteiger partial charge on any atom is -0.497 e. The SMILES string of the molecule is COc1ccc(CNCC(C)C)c(OCCC(C)C)c1. The molecule has 0 saturated heterocycles. The Balaban J connectivity index is 2.65. The zero-order chi connectivity index (χ0) is 15.0. The Morgan fingerprint density at radius 2 is 1.85 bits per heavy atom. The minimum absolute atomic E-state index is 0.651. The summed E-state index contributed by atoms with van der Waals surface area (Å²) in [6.45, 7) is 11.4. The van der Waals surface area contributed by atoms with Crippen LogP contribution >= 0.6 is 0 Å². The van der Waals surface area contributed by atoms with E-state index in [-0.39, 0.29) is 0 Å². The van der Waals surface area contributed by atoms with Crippen LogP contribution in [0.5, 0.6) is 11.5 Å². The molecule has 0 fully saturated rings. The van der Waals surface area contributed by atoms with E-state index in [2.05, 4.69) is 39.1 Å². The molecule has 0 atom stereocenters. The van der Waals surface area contributed by atoms with Crippen LogP contribution in [-0.4, -0.2) is 20.3 Å². The lowest BCUT2D eigenvalue weighted by molar-refractivity contribution is 0.284. The van der Waals surface area contributed by atoms with Gasteiger partial charge in [-0.1, -0.05) is 33.8 Å². The molecular weight excluding hydrogens is 250 g/mol. The predicted molar refractivity (Wildman–Crippen MR) is 84.5 cm³/mol. The van der Waals surface area contributed by atoms with E-state index in [4.69, 9.17) is 9.47 Å². The van der Waals surface area contributed by atoms with Gasteiger partial charge in [0.1, 0.15) is 11.5 Å². The Bertz CT molecular complexity index is 389. The normalized spacial score (nSPS) is 11.2. The topological polar surface area (TPSA) is 30.5 Å². The molecular formula is C17H29NO2. The Hall–Kier alpha value is -1.22. The van der Waals surface area contributed by atoms with Crippen LogP contribution in [0, 0.1) is 11.8 Å². The molecule has 0 spiro atoms. The number of nitrogens with one attached hydrogen (secondary N) is 1. The van der Waals surface area contributed by atoms with Gasteiger partial charge in [0.05, 0.1) is 13.7 Å². The number of hydrogen-bond donors (Lipinski definition) is 1. The molecule has 0 amide bonds. The molecule has 1 rings (SSSR count). The second kappa shape index (κ2) is 8.85. The van der Waals surface area contributed by atoms with E-state index < -0.39 is 0 Å². The maximum absolute atomic E-state index is 5.93. The first kappa shape index (κ1) is 16.8. The van der Waals surface area contributed by atoms with Crippen molar-refractivity contribution in [3.05, 3.63) is 23.8 Å². The molecule has 0 radical (unpaired) electrons. The lowest BCUT2D eigenvalue weighted by Gasteiger charge is -2.15. The van der Waals surface area contributed by atoms with E-state index >= 15 is 0 Å². The molecule has 0 saturated carbocycles. The van der Waals surface area contributed by atoms with Crippen molar-refractivity contribution in [3.8, 4) is 11.5 Å². The highest BCUT2D eigenvalue weighted by molar-refractivity contribution is 5.40. The number of ether oxygens (including phenoxy) is 2. The van der Waals surface area contributed by atoms with E-state index in [0.717, 1.165) is 37.6 Å². The van der Waals surface area contributed by atoms with E-state index in [1.54, 1.807) is 7.11 Å². The minimum atomic E-state index is 0.651. The first-order chi connectivity index (χ1) is 9.52. The second-order valence-electron chi connectivity index (χ2n) is 6.03. The van der Waals surface area contributed by atoms with Gasteiger partial charge in [0.25, 0.3) is 0 Å². The second-order valence-corrected chi connectivity index (χ2v) is 6.03. The summed E-state index contributed by atoms with van der Waals surface area (Å²) >= 11 is 0. The molecule has 3 heteroatoms. The first-order valence-corrected chi connectivity index (χ1v) is 7.53. The fourth-order valence-corrected chi connectivity index (χ4v) is 1.84. The lowest BCUT2D eigenvalue weighted by atomic mass is 10.1. The van der Waals surface area contributed by atoms with Gasteiger partial charge in [0.15, 0.2) is 0 Å². The molecule has 20 heavy (non-hydrogen) atoms. The van der Waals surface area contributed by atoms with Gasteiger partial charge in [-0.3, -0.25) is 0 Å². The summed E-state index contributed by atoms with van der Waals surface area (Å²) in [4.78, 5) is 0. The summed E-state index contributed by atoms with van der Waals surface area (Å²) in [5, 5.41) is 3.46. The summed E-state index contributed by atoms with van der Waals surface area (Å²) in [7, 11) is 1.68. The monoisotopic (exact) mass is 279 g/mol. The summed E-state index contributed by atoms with van der Waals surface area (Å²) < 4.78 is 11.2. The van der Waals surface area contributed by atoms with Crippen LogP contribution in [0.4, 0.5) is 0 Å². The summed E-state index contributed by atoms with van der Waals surface area (Å²) in [6.07, 6.45) is 1.07. The molecule has 0 unspecified atom stereocenters. The van der Waals surface area contributed by atoms with Gasteiger partial charge in [-0.2, -0.15) is 0 Å². The van der Waals surface area contributed by atoms with Crippen molar-refractivity contribution in [2.24, 2.45) is 11.8 Å². The standard InChI is InChI=1S/C17H29NO2/c1-13(2)8-9-20-17-10-16(19-5)7-6-15(17)12-18-11-14(3)4/h6-7,10,13-14,18H,8-9,11-12H2,1-5H3. The third kappa shape index (κ3) is 6.29. The highest BCUT2D eigenvalue weighted by atomic mass is 16.5. The zero-order valence-electron chi connectivity index (χ0n) is 13.5. The van der Waals surface area contributed by atoms with Gasteiger partial charge in [-0.25, -0.2) is 0 Å². The molecule has 1 aromatic rings. The van der Waals surface area contributed by atoms with Crippen molar-refractivity contribution in [1.29, 1.82) is 0 Å². The van der Waals surface area contributed by atoms with Crippen LogP contribution in [0.2, 0.25) is 0 Å². The molecule has 0 heterocycles. The Morgan fingerprint density at radius 3 is 2.45 bits per heavy atom. The fourth-order valence-electron chi connectivity index (χ4n) is 1.84. The van der Waals surface area contributed by atoms with E-state index in [9.17, 15) is 0 Å². The van der Waals surface area contributed by atoms with Crippen molar-refractivity contribution in [2.45, 2.75) is 40.7 Å². The quantitative estimate of drug-likeness (QED) is 0.744. The van der Waals surface area contributed by atoms with Crippen molar-refractivity contribution in [1.82, 2.24) is 5.32 Å². The molecule has 114 valence electrons. The molecule has 1 aromatic carbocycles. The van der Waals surface area contributed by atoms with Crippen molar-refractivity contribution < 1.29 is 9.47 Å². The van der Waals surface area contributed by atoms with Gasteiger partial charge in [0.2, 0.25) is 0 Å². The maximum atomic E-state index is 5.93. The number of benzene rings is 1. The maximum Gasteiger partial charge on any atom is 0.127 e. The van der Waals surface area contributed by atoms with Gasteiger partial charge < -0.3 is 14.8 Å². The lowest BCUT2D eigenvalue weighted by Crippen LogP contribution is -2.19. The van der Waals surface area contributed by atoms with Crippen LogP contribution in [0.1, 0.15) is 39.7 Å². The van der Waals surface area contributed by atoms with Crippen molar-refractivity contribution in [3.63, 3.8) is 0 Å². The molecule has 0 aliphatic heterocycles. The largest absolute Gasteiger partial charge is 0.497 e. The number of rotatable bonds is 9. The molecule has 0 aliphatic rings. The Kier molecular flexibility index (Phi) is 7.45. The Morgan fingerprint density at radius 1 is 1.10 bits per heavy atom. The highest BCUT2D eigenvalue weighted by Crippen LogP contribution is 2.25. The fraction of sp³-hybridized carbons (Fsp3) is 0.647. The van der Waals surface area contributed by atoms with Crippen LogP contribution in [0.25, 0.3) is 0 Å².